The average Bonchev–Trinajstić information content (AvgIpc) is 2.78. The molecule has 0 unspecified atom stereocenters. The summed E-state index contributed by atoms with van der Waals surface area (Å²) < 4.78 is 60.4. The van der Waals surface area contributed by atoms with Crippen LogP contribution in [-0.4, -0.2) is 50.9 Å². The van der Waals surface area contributed by atoms with Gasteiger partial charge in [-0.15, -0.1) is 0 Å². The van der Waals surface area contributed by atoms with E-state index in [1.165, 1.54) is 46.8 Å². The van der Waals surface area contributed by atoms with Crippen molar-refractivity contribution >= 4 is 27.6 Å². The minimum Gasteiger partial charge on any atom is -0.452 e. The molecule has 0 saturated carbocycles. The Hall–Kier alpha value is -3.05. The maximum Gasteiger partial charge on any atom is 0.387 e. The number of carbonyl (C=O) groups is 2. The third-order valence-electron chi connectivity index (χ3n) is 4.72. The molecule has 0 aromatic heterocycles. The number of nitrogens with zero attached hydrogens (tertiary/aromatic N) is 1. The highest BCUT2D eigenvalue weighted by Crippen LogP contribution is 2.22. The van der Waals surface area contributed by atoms with Crippen LogP contribution >= 0.6 is 0 Å². The fourth-order valence-corrected chi connectivity index (χ4v) is 4.69. The van der Waals surface area contributed by atoms with Crippen LogP contribution in [-0.2, 0) is 19.6 Å². The molecule has 1 fully saturated rings. The second-order valence-electron chi connectivity index (χ2n) is 7.02. The lowest BCUT2D eigenvalue weighted by Crippen LogP contribution is -2.35. The number of anilines is 1. The van der Waals surface area contributed by atoms with Crippen LogP contribution in [0.4, 0.5) is 14.5 Å². The van der Waals surface area contributed by atoms with Crippen LogP contribution in [0.25, 0.3) is 0 Å². The number of esters is 1. The van der Waals surface area contributed by atoms with E-state index in [0.717, 1.165) is 25.3 Å². The van der Waals surface area contributed by atoms with Crippen LogP contribution in [0, 0.1) is 0 Å². The van der Waals surface area contributed by atoms with Gasteiger partial charge in [-0.1, -0.05) is 12.5 Å². The van der Waals surface area contributed by atoms with Gasteiger partial charge in [-0.3, -0.25) is 4.79 Å². The van der Waals surface area contributed by atoms with E-state index in [1.54, 1.807) is 0 Å². The normalized spacial score (nSPS) is 14.7. The second kappa shape index (κ2) is 10.5. The molecule has 11 heteroatoms. The van der Waals surface area contributed by atoms with Gasteiger partial charge >= 0.3 is 12.6 Å². The largest absolute Gasteiger partial charge is 0.452 e. The van der Waals surface area contributed by atoms with Crippen molar-refractivity contribution in [3.63, 3.8) is 0 Å². The van der Waals surface area contributed by atoms with Crippen molar-refractivity contribution in [2.24, 2.45) is 0 Å². The van der Waals surface area contributed by atoms with Gasteiger partial charge in [0, 0.05) is 18.8 Å². The molecular formula is C21H22F2N2O6S. The van der Waals surface area contributed by atoms with Crippen molar-refractivity contribution in [1.82, 2.24) is 4.31 Å². The molecule has 1 aliphatic heterocycles. The third kappa shape index (κ3) is 6.24. The summed E-state index contributed by atoms with van der Waals surface area (Å²) >= 11 is 0. The molecule has 0 atom stereocenters. The first-order chi connectivity index (χ1) is 15.3. The zero-order valence-corrected chi connectivity index (χ0v) is 17.8. The predicted octanol–water partition coefficient (Wildman–Crippen LogP) is 3.26. The fraction of sp³-hybridized carbons (Fsp3) is 0.333. The smallest absolute Gasteiger partial charge is 0.387 e. The molecule has 1 saturated heterocycles. The van der Waals surface area contributed by atoms with E-state index < -0.39 is 35.1 Å². The number of alkyl halides is 2. The number of benzene rings is 2. The fourth-order valence-electron chi connectivity index (χ4n) is 3.18. The molecular weight excluding hydrogens is 446 g/mol. The van der Waals surface area contributed by atoms with Gasteiger partial charge in [0.05, 0.1) is 10.5 Å². The Morgan fingerprint density at radius 1 is 1.03 bits per heavy atom. The van der Waals surface area contributed by atoms with Gasteiger partial charge in [0.2, 0.25) is 10.0 Å². The third-order valence-corrected chi connectivity index (χ3v) is 6.63. The van der Waals surface area contributed by atoms with Crippen molar-refractivity contribution in [3.05, 3.63) is 54.1 Å². The lowest BCUT2D eigenvalue weighted by Gasteiger charge is -2.25. The Kier molecular flexibility index (Phi) is 7.75. The zero-order valence-electron chi connectivity index (χ0n) is 17.0. The van der Waals surface area contributed by atoms with Crippen molar-refractivity contribution in [2.45, 2.75) is 30.8 Å². The maximum atomic E-state index is 12.6. The molecule has 1 aliphatic rings. The van der Waals surface area contributed by atoms with E-state index in [1.807, 2.05) is 0 Å². The summed E-state index contributed by atoms with van der Waals surface area (Å²) in [6.07, 6.45) is 2.67. The van der Waals surface area contributed by atoms with Crippen molar-refractivity contribution in [1.29, 1.82) is 0 Å². The Balaban J connectivity index is 1.53. The first-order valence-electron chi connectivity index (χ1n) is 9.88. The molecule has 1 heterocycles. The molecule has 8 nitrogen and oxygen atoms in total. The summed E-state index contributed by atoms with van der Waals surface area (Å²) in [5, 5.41) is 2.50. The monoisotopic (exact) mass is 468 g/mol. The Morgan fingerprint density at radius 2 is 1.72 bits per heavy atom. The number of hydrogen-bond donors (Lipinski definition) is 1. The Bertz CT molecular complexity index is 1050. The van der Waals surface area contributed by atoms with Crippen LogP contribution in [0.3, 0.4) is 0 Å². The van der Waals surface area contributed by atoms with Gasteiger partial charge < -0.3 is 14.8 Å². The summed E-state index contributed by atoms with van der Waals surface area (Å²) in [6, 6.07) is 10.7. The van der Waals surface area contributed by atoms with Gasteiger partial charge in [0.15, 0.2) is 6.61 Å². The molecule has 1 amide bonds. The first-order valence-corrected chi connectivity index (χ1v) is 11.3. The Morgan fingerprint density at radius 3 is 2.38 bits per heavy atom. The zero-order chi connectivity index (χ0) is 23.1. The molecule has 3 rings (SSSR count). The highest BCUT2D eigenvalue weighted by Gasteiger charge is 2.25. The first kappa shape index (κ1) is 23.6. The molecule has 1 N–H and O–H groups in total. The number of hydrogen-bond acceptors (Lipinski definition) is 6. The number of halogens is 2. The van der Waals surface area contributed by atoms with E-state index in [2.05, 4.69) is 10.1 Å². The SMILES string of the molecule is O=C(COC(=O)c1cccc(OC(F)F)c1)Nc1ccc(S(=O)(=O)N2CCCCC2)cc1. The van der Waals surface area contributed by atoms with E-state index >= 15 is 0 Å². The van der Waals surface area contributed by atoms with Crippen molar-refractivity contribution in [3.8, 4) is 5.75 Å². The van der Waals surface area contributed by atoms with E-state index in [-0.39, 0.29) is 16.2 Å². The van der Waals surface area contributed by atoms with E-state index in [4.69, 9.17) is 4.74 Å². The number of sulfonamides is 1. The number of nitrogens with one attached hydrogen (secondary N) is 1. The lowest BCUT2D eigenvalue weighted by molar-refractivity contribution is -0.119. The number of piperidine rings is 1. The number of amides is 1. The molecule has 32 heavy (non-hydrogen) atoms. The number of rotatable bonds is 8. The molecule has 0 bridgehead atoms. The molecule has 172 valence electrons. The van der Waals surface area contributed by atoms with Crippen LogP contribution < -0.4 is 10.1 Å². The van der Waals surface area contributed by atoms with Crippen LogP contribution in [0.5, 0.6) is 5.75 Å². The van der Waals surface area contributed by atoms with Crippen molar-refractivity contribution < 1.29 is 36.3 Å². The second-order valence-corrected chi connectivity index (χ2v) is 8.96. The van der Waals surface area contributed by atoms with Crippen LogP contribution in [0.15, 0.2) is 53.4 Å². The number of ether oxygens (including phenoxy) is 2. The van der Waals surface area contributed by atoms with E-state index in [0.29, 0.717) is 18.8 Å². The van der Waals surface area contributed by atoms with Gasteiger partial charge in [0.25, 0.3) is 5.91 Å². The summed E-state index contributed by atoms with van der Waals surface area (Å²) in [7, 11) is -3.58. The van der Waals surface area contributed by atoms with Gasteiger partial charge in [-0.25, -0.2) is 13.2 Å². The molecule has 2 aromatic rings. The highest BCUT2D eigenvalue weighted by atomic mass is 32.2. The summed E-state index contributed by atoms with van der Waals surface area (Å²) in [6.45, 7) is -2.67. The summed E-state index contributed by atoms with van der Waals surface area (Å²) in [5.41, 5.74) is 0.277. The molecule has 2 aromatic carbocycles. The van der Waals surface area contributed by atoms with Gasteiger partial charge in [-0.05, 0) is 55.3 Å². The summed E-state index contributed by atoms with van der Waals surface area (Å²) in [5.74, 6) is -1.74. The standard InChI is InChI=1S/C21H22F2N2O6S/c22-21(23)31-17-6-4-5-15(13-17)20(27)30-14-19(26)24-16-7-9-18(10-8-16)32(28,29)25-11-2-1-3-12-25/h4-10,13,21H,1-3,11-12,14H2,(H,24,26). The molecule has 0 spiro atoms. The van der Waals surface area contributed by atoms with Crippen LogP contribution in [0.1, 0.15) is 29.6 Å². The minimum absolute atomic E-state index is 0.0526. The van der Waals surface area contributed by atoms with Crippen LogP contribution in [0.2, 0.25) is 0 Å². The lowest BCUT2D eigenvalue weighted by atomic mass is 10.2. The molecule has 0 radical (unpaired) electrons. The Labute approximate surface area is 184 Å². The number of carbonyl (C=O) groups excluding carboxylic acids is 2. The quantitative estimate of drug-likeness (QED) is 0.597. The van der Waals surface area contributed by atoms with Gasteiger partial charge in [-0.2, -0.15) is 13.1 Å². The van der Waals surface area contributed by atoms with E-state index in [9.17, 15) is 26.8 Å². The van der Waals surface area contributed by atoms with Gasteiger partial charge in [0.1, 0.15) is 5.75 Å². The predicted molar refractivity (Wildman–Crippen MR) is 111 cm³/mol. The van der Waals surface area contributed by atoms with Crippen molar-refractivity contribution in [2.75, 3.05) is 25.0 Å². The molecule has 0 aliphatic carbocycles. The highest BCUT2D eigenvalue weighted by molar-refractivity contribution is 7.89. The topological polar surface area (TPSA) is 102 Å². The summed E-state index contributed by atoms with van der Waals surface area (Å²) in [4.78, 5) is 24.2. The minimum atomic E-state index is -3.58. The maximum absolute atomic E-state index is 12.6. The average molecular weight is 468 g/mol.